The summed E-state index contributed by atoms with van der Waals surface area (Å²) in [5.74, 6) is 0.168. The van der Waals surface area contributed by atoms with Crippen molar-refractivity contribution in [2.24, 2.45) is 0 Å². The minimum Gasteiger partial charge on any atom is -0.476 e. The van der Waals surface area contributed by atoms with Crippen LogP contribution in [0.25, 0.3) is 0 Å². The van der Waals surface area contributed by atoms with Gasteiger partial charge in [0, 0.05) is 0 Å². The van der Waals surface area contributed by atoms with E-state index in [1.165, 1.54) is 4.68 Å². The summed E-state index contributed by atoms with van der Waals surface area (Å²) < 4.78 is 51.5. The average Bonchev–Trinajstić information content (AvgIpc) is 2.99. The molecule has 0 aromatic carbocycles. The van der Waals surface area contributed by atoms with Crippen LogP contribution in [0.4, 0.5) is 13.6 Å². The van der Waals surface area contributed by atoms with Crippen LogP contribution in [0.1, 0.15) is 60.6 Å². The molecule has 8 nitrogen and oxygen atoms in total. The van der Waals surface area contributed by atoms with E-state index in [1.54, 1.807) is 20.8 Å². The largest absolute Gasteiger partial charge is 0.502 e. The number of fused-ring (bicyclic) bond motifs is 1. The third-order valence-electron chi connectivity index (χ3n) is 5.20. The topological polar surface area (TPSA) is 83.8 Å². The molecule has 3 heterocycles. The number of amides is 1. The number of nitrogens with zero attached hydrogens (tertiary/aromatic N) is 2. The Balaban J connectivity index is 1.83. The molecule has 1 aromatic heterocycles. The molecule has 11 heteroatoms. The highest BCUT2D eigenvalue weighted by molar-refractivity contribution is 6.63. The minimum atomic E-state index is -2.83. The lowest BCUT2D eigenvalue weighted by atomic mass is 9.78. The van der Waals surface area contributed by atoms with Crippen molar-refractivity contribution in [3.05, 3.63) is 5.69 Å². The number of ether oxygens (including phenoxy) is 2. The summed E-state index contributed by atoms with van der Waals surface area (Å²) in [7, 11) is -1.02. The van der Waals surface area contributed by atoms with Crippen molar-refractivity contribution in [1.29, 1.82) is 0 Å². The molecule has 2 aliphatic heterocycles. The van der Waals surface area contributed by atoms with E-state index in [2.05, 4.69) is 10.4 Å². The second kappa shape index (κ2) is 7.12. The standard InChI is InChI=1S/C18H28BF2N3O5/c1-16(2,3)27-15(25)22-10-8-24-14(26-9-10)11(12(23-24)13(20)21)19-28-17(4,5)18(6,7)29-19/h10,13H,8-9H2,1-7H3,(H,22,25)/t10-/m0/s1. The van der Waals surface area contributed by atoms with E-state index in [0.29, 0.717) is 0 Å². The number of alkyl carbamates (subject to hydrolysis) is 1. The van der Waals surface area contributed by atoms with Gasteiger partial charge in [-0.2, -0.15) is 5.10 Å². The second-order valence-corrected chi connectivity index (χ2v) is 9.33. The molecule has 1 saturated heterocycles. The SMILES string of the molecule is CC(C)(C)OC(=O)N[C@@H]1COc2c(B3OC(C)(C)C(C)(C)O3)c(C(F)F)nn2C1. The third kappa shape index (κ3) is 4.35. The Bertz CT molecular complexity index is 775. The predicted molar refractivity (Wildman–Crippen MR) is 102 cm³/mol. The number of carbonyl (C=O) groups is 1. The molecule has 0 bridgehead atoms. The smallest absolute Gasteiger partial charge is 0.476 e. The summed E-state index contributed by atoms with van der Waals surface area (Å²) in [6.45, 7) is 12.9. The molecular weight excluding hydrogens is 387 g/mol. The molecule has 0 saturated carbocycles. The highest BCUT2D eigenvalue weighted by Crippen LogP contribution is 2.38. The number of aromatic nitrogens is 2. The first-order valence-electron chi connectivity index (χ1n) is 9.57. The van der Waals surface area contributed by atoms with Crippen LogP contribution in [0, 0.1) is 0 Å². The number of halogens is 2. The van der Waals surface area contributed by atoms with Gasteiger partial charge >= 0.3 is 13.2 Å². The molecule has 2 aliphatic rings. The van der Waals surface area contributed by atoms with Crippen molar-refractivity contribution in [3.63, 3.8) is 0 Å². The zero-order valence-electron chi connectivity index (χ0n) is 17.8. The Labute approximate surface area is 169 Å². The zero-order chi connectivity index (χ0) is 21.8. The van der Waals surface area contributed by atoms with Crippen molar-refractivity contribution >= 4 is 18.7 Å². The molecule has 1 N–H and O–H groups in total. The molecular formula is C18H28BF2N3O5. The van der Waals surface area contributed by atoms with Crippen molar-refractivity contribution in [3.8, 4) is 5.88 Å². The van der Waals surface area contributed by atoms with E-state index in [4.69, 9.17) is 18.8 Å². The van der Waals surface area contributed by atoms with Gasteiger partial charge in [-0.3, -0.25) is 0 Å². The average molecular weight is 415 g/mol. The Morgan fingerprint density at radius 2 is 1.86 bits per heavy atom. The van der Waals surface area contributed by atoms with Crippen LogP contribution < -0.4 is 15.5 Å². The van der Waals surface area contributed by atoms with E-state index in [9.17, 15) is 13.6 Å². The molecule has 1 amide bonds. The molecule has 29 heavy (non-hydrogen) atoms. The van der Waals surface area contributed by atoms with E-state index < -0.39 is 48.2 Å². The van der Waals surface area contributed by atoms with Gasteiger partial charge in [-0.05, 0) is 48.5 Å². The van der Waals surface area contributed by atoms with Gasteiger partial charge in [-0.25, -0.2) is 18.3 Å². The Kier molecular flexibility index (Phi) is 5.36. The Morgan fingerprint density at radius 3 is 2.38 bits per heavy atom. The maximum absolute atomic E-state index is 13.7. The lowest BCUT2D eigenvalue weighted by Crippen LogP contribution is -2.47. The number of rotatable bonds is 3. The van der Waals surface area contributed by atoms with Gasteiger partial charge in [0.1, 0.15) is 17.9 Å². The molecule has 1 aromatic rings. The number of hydrogen-bond donors (Lipinski definition) is 1. The number of nitrogens with one attached hydrogen (secondary N) is 1. The number of hydrogen-bond acceptors (Lipinski definition) is 6. The van der Waals surface area contributed by atoms with Gasteiger partial charge in [0.05, 0.1) is 29.3 Å². The molecule has 1 atom stereocenters. The van der Waals surface area contributed by atoms with Crippen LogP contribution in [0.5, 0.6) is 5.88 Å². The van der Waals surface area contributed by atoms with Crippen LogP contribution in [-0.4, -0.2) is 52.4 Å². The van der Waals surface area contributed by atoms with Crippen molar-refractivity contribution in [2.75, 3.05) is 6.61 Å². The lowest BCUT2D eigenvalue weighted by Gasteiger charge is -2.32. The summed E-state index contributed by atoms with van der Waals surface area (Å²) in [6, 6.07) is -0.478. The maximum Gasteiger partial charge on any atom is 0.502 e. The van der Waals surface area contributed by atoms with E-state index in [0.717, 1.165) is 0 Å². The monoisotopic (exact) mass is 415 g/mol. The molecule has 0 radical (unpaired) electrons. The summed E-state index contributed by atoms with van der Waals surface area (Å²) in [4.78, 5) is 12.0. The maximum atomic E-state index is 13.7. The second-order valence-electron chi connectivity index (χ2n) is 9.33. The Hall–Kier alpha value is -1.88. The van der Waals surface area contributed by atoms with E-state index in [1.807, 2.05) is 27.7 Å². The van der Waals surface area contributed by atoms with Crippen LogP contribution in [-0.2, 0) is 20.6 Å². The first kappa shape index (κ1) is 21.8. The van der Waals surface area contributed by atoms with Gasteiger partial charge in [-0.15, -0.1) is 0 Å². The number of alkyl halides is 2. The molecule has 162 valence electrons. The lowest BCUT2D eigenvalue weighted by molar-refractivity contribution is 0.00578. The van der Waals surface area contributed by atoms with Gasteiger partial charge in [0.15, 0.2) is 0 Å². The predicted octanol–water partition coefficient (Wildman–Crippen LogP) is 2.41. The summed E-state index contributed by atoms with van der Waals surface area (Å²) in [6.07, 6.45) is -3.44. The van der Waals surface area contributed by atoms with Crippen molar-refractivity contribution in [1.82, 2.24) is 15.1 Å². The molecule has 3 rings (SSSR count). The quantitative estimate of drug-likeness (QED) is 0.764. The van der Waals surface area contributed by atoms with Gasteiger partial charge in [0.25, 0.3) is 6.43 Å². The highest BCUT2D eigenvalue weighted by Gasteiger charge is 2.55. The fraction of sp³-hybridized carbons (Fsp3) is 0.778. The first-order valence-corrected chi connectivity index (χ1v) is 9.57. The van der Waals surface area contributed by atoms with Crippen molar-refractivity contribution < 1.29 is 32.4 Å². The molecule has 0 aliphatic carbocycles. The summed E-state index contributed by atoms with van der Waals surface area (Å²) in [5.41, 5.74) is -2.39. The number of carbonyl (C=O) groups excluding carboxylic acids is 1. The van der Waals surface area contributed by atoms with E-state index >= 15 is 0 Å². The van der Waals surface area contributed by atoms with E-state index in [-0.39, 0.29) is 24.5 Å². The minimum absolute atomic E-state index is 0.0835. The third-order valence-corrected chi connectivity index (χ3v) is 5.20. The van der Waals surface area contributed by atoms with Crippen LogP contribution in [0.2, 0.25) is 0 Å². The Morgan fingerprint density at radius 1 is 1.28 bits per heavy atom. The zero-order valence-corrected chi connectivity index (χ0v) is 17.8. The summed E-state index contributed by atoms with van der Waals surface area (Å²) in [5, 5.41) is 6.68. The van der Waals surface area contributed by atoms with Gasteiger partial charge in [0.2, 0.25) is 5.88 Å². The highest BCUT2D eigenvalue weighted by atomic mass is 19.3. The van der Waals surface area contributed by atoms with Crippen LogP contribution in [0.3, 0.4) is 0 Å². The van der Waals surface area contributed by atoms with Crippen LogP contribution in [0.15, 0.2) is 0 Å². The molecule has 0 unspecified atom stereocenters. The summed E-state index contributed by atoms with van der Waals surface area (Å²) >= 11 is 0. The first-order chi connectivity index (χ1) is 13.2. The van der Waals surface area contributed by atoms with Gasteiger partial charge < -0.3 is 24.1 Å². The normalized spacial score (nSPS) is 23.0. The molecule has 1 fully saturated rings. The van der Waals surface area contributed by atoms with Crippen molar-refractivity contribution in [2.45, 2.75) is 84.3 Å². The van der Waals surface area contributed by atoms with Crippen LogP contribution >= 0.6 is 0 Å². The fourth-order valence-corrected chi connectivity index (χ4v) is 3.10. The van der Waals surface area contributed by atoms with Gasteiger partial charge in [-0.1, -0.05) is 0 Å². The molecule has 0 spiro atoms. The fourth-order valence-electron chi connectivity index (χ4n) is 3.10.